The van der Waals surface area contributed by atoms with E-state index in [0.29, 0.717) is 24.4 Å². The molecule has 1 aliphatic carbocycles. The Kier molecular flexibility index (Phi) is 8.77. The summed E-state index contributed by atoms with van der Waals surface area (Å²) in [6, 6.07) is 3.27. The molecule has 1 fully saturated rings. The number of carbonyl (C=O) groups excluding carboxylic acids is 1. The van der Waals surface area contributed by atoms with Crippen LogP contribution in [0.25, 0.3) is 10.6 Å². The minimum Gasteiger partial charge on any atom is -0.503 e. The number of ether oxygens (including phenoxy) is 1. The molecule has 0 unspecified atom stereocenters. The Bertz CT molecular complexity index is 1380. The summed E-state index contributed by atoms with van der Waals surface area (Å²) in [4.78, 5) is 31.2. The van der Waals surface area contributed by atoms with Gasteiger partial charge in [-0.1, -0.05) is 17.4 Å². The number of benzene rings is 1. The van der Waals surface area contributed by atoms with Gasteiger partial charge in [0, 0.05) is 25.2 Å². The maximum atomic E-state index is 14.0. The van der Waals surface area contributed by atoms with Crippen LogP contribution in [0.1, 0.15) is 67.5 Å². The van der Waals surface area contributed by atoms with Crippen molar-refractivity contribution in [1.29, 1.82) is 0 Å². The zero-order valence-electron chi connectivity index (χ0n) is 22.4. The Morgan fingerprint density at radius 1 is 1.31 bits per heavy atom. The first-order valence-electron chi connectivity index (χ1n) is 13.0. The molecule has 0 atom stereocenters. The number of aromatic nitrogens is 3. The molecule has 1 amide bonds. The molecule has 1 saturated carbocycles. The van der Waals surface area contributed by atoms with Crippen LogP contribution in [0.3, 0.4) is 0 Å². The van der Waals surface area contributed by atoms with Crippen LogP contribution < -0.4 is 10.7 Å². The van der Waals surface area contributed by atoms with Crippen molar-refractivity contribution in [3.63, 3.8) is 0 Å². The van der Waals surface area contributed by atoms with Gasteiger partial charge in [0.05, 0.1) is 23.4 Å². The minimum atomic E-state index is -0.767. The third-order valence-corrected chi connectivity index (χ3v) is 8.05. The molecule has 4 rings (SSSR count). The Labute approximate surface area is 229 Å². The Morgan fingerprint density at radius 3 is 2.64 bits per heavy atom. The first kappa shape index (κ1) is 28.8. The van der Waals surface area contributed by atoms with Gasteiger partial charge in [0.25, 0.3) is 5.91 Å². The summed E-state index contributed by atoms with van der Waals surface area (Å²) in [5.74, 6) is -2.59. The van der Waals surface area contributed by atoms with Crippen LogP contribution in [0.5, 0.6) is 5.75 Å². The predicted octanol–water partition coefficient (Wildman–Crippen LogP) is 4.21. The second-order valence-corrected chi connectivity index (χ2v) is 10.9. The maximum Gasteiger partial charge on any atom is 0.275 e. The minimum absolute atomic E-state index is 0.0325. The van der Waals surface area contributed by atoms with E-state index in [1.54, 1.807) is 11.9 Å². The van der Waals surface area contributed by atoms with Gasteiger partial charge in [-0.2, -0.15) is 0 Å². The molecule has 0 aliphatic heterocycles. The molecule has 1 aromatic carbocycles. The molecule has 210 valence electrons. The molecule has 3 N–H and O–H groups in total. The summed E-state index contributed by atoms with van der Waals surface area (Å²) >= 11 is 1.04. The second-order valence-electron chi connectivity index (χ2n) is 9.88. The lowest BCUT2D eigenvalue weighted by molar-refractivity contribution is -0.0522. The van der Waals surface area contributed by atoms with Gasteiger partial charge in [0.2, 0.25) is 5.43 Å². The number of nitrogens with zero attached hydrogens (tertiary/aromatic N) is 3. The number of hydrogen-bond acceptors (Lipinski definition) is 8. The predicted molar refractivity (Wildman–Crippen MR) is 144 cm³/mol. The number of hydrogen-bond donors (Lipinski definition) is 3. The van der Waals surface area contributed by atoms with Crippen molar-refractivity contribution >= 4 is 17.2 Å². The van der Waals surface area contributed by atoms with Crippen molar-refractivity contribution in [2.75, 3.05) is 13.6 Å². The molecule has 0 saturated heterocycles. The summed E-state index contributed by atoms with van der Waals surface area (Å²) in [6.07, 6.45) is 4.48. The molecule has 3 aromatic rings. The lowest BCUT2D eigenvalue weighted by atomic mass is 9.85. The van der Waals surface area contributed by atoms with E-state index in [-0.39, 0.29) is 40.5 Å². The first-order chi connectivity index (χ1) is 18.6. The summed E-state index contributed by atoms with van der Waals surface area (Å²) in [7, 11) is 1.80. The third kappa shape index (κ3) is 6.02. The molecule has 2 heterocycles. The lowest BCUT2D eigenvalue weighted by Gasteiger charge is -2.47. The van der Waals surface area contributed by atoms with Crippen molar-refractivity contribution in [2.24, 2.45) is 0 Å². The molecule has 12 heteroatoms. The third-order valence-electron chi connectivity index (χ3n) is 7.09. The highest BCUT2D eigenvalue weighted by Gasteiger charge is 2.42. The normalized spacial score (nSPS) is 19.4. The van der Waals surface area contributed by atoms with Crippen molar-refractivity contribution < 1.29 is 23.4 Å². The Morgan fingerprint density at radius 2 is 2.03 bits per heavy atom. The van der Waals surface area contributed by atoms with Crippen LogP contribution in [0.4, 0.5) is 8.78 Å². The quantitative estimate of drug-likeness (QED) is 0.335. The highest BCUT2D eigenvalue weighted by atomic mass is 32.1. The average Bonchev–Trinajstić information content (AvgIpc) is 3.36. The van der Waals surface area contributed by atoms with Gasteiger partial charge in [-0.3, -0.25) is 14.9 Å². The SMILES string of the molecule is CCN(C(=O)c1[nH]cc(-c2nnc(Cc3ccc(F)cc3F)s2)c(=O)c1O)C1(NC)CCC(OC(C)C)CC1. The van der Waals surface area contributed by atoms with Crippen molar-refractivity contribution in [3.05, 3.63) is 62.5 Å². The topological polar surface area (TPSA) is 120 Å². The van der Waals surface area contributed by atoms with Crippen molar-refractivity contribution in [3.8, 4) is 16.3 Å². The average molecular weight is 562 g/mol. The molecule has 1 aliphatic rings. The molecular formula is C27H33F2N5O4S. The number of amides is 1. The fourth-order valence-electron chi connectivity index (χ4n) is 5.12. The van der Waals surface area contributed by atoms with E-state index >= 15 is 0 Å². The summed E-state index contributed by atoms with van der Waals surface area (Å²) in [6.45, 7) is 6.21. The molecule has 2 aromatic heterocycles. The number of pyridine rings is 1. The van der Waals surface area contributed by atoms with Crippen LogP contribution in [0.15, 0.2) is 29.2 Å². The second kappa shape index (κ2) is 11.9. The highest BCUT2D eigenvalue weighted by Crippen LogP contribution is 2.35. The number of halogens is 2. The number of carbonyl (C=O) groups is 1. The van der Waals surface area contributed by atoms with Crippen LogP contribution in [-0.2, 0) is 11.2 Å². The molecule has 9 nitrogen and oxygen atoms in total. The van der Waals surface area contributed by atoms with E-state index in [4.69, 9.17) is 4.74 Å². The van der Waals surface area contributed by atoms with Gasteiger partial charge in [-0.05, 0) is 65.1 Å². The van der Waals surface area contributed by atoms with Gasteiger partial charge < -0.3 is 19.7 Å². The van der Waals surface area contributed by atoms with Gasteiger partial charge in [-0.15, -0.1) is 10.2 Å². The van der Waals surface area contributed by atoms with Gasteiger partial charge in [-0.25, -0.2) is 8.78 Å². The van der Waals surface area contributed by atoms with E-state index in [0.717, 1.165) is 36.3 Å². The number of rotatable bonds is 9. The summed E-state index contributed by atoms with van der Waals surface area (Å²) in [5.41, 5.74) is -1.35. The number of aromatic hydroxyl groups is 1. The first-order valence-corrected chi connectivity index (χ1v) is 13.8. The lowest BCUT2D eigenvalue weighted by Crippen LogP contribution is -2.62. The number of nitrogens with one attached hydrogen (secondary N) is 2. The van der Waals surface area contributed by atoms with E-state index in [9.17, 15) is 23.5 Å². The zero-order chi connectivity index (χ0) is 28.3. The fourth-order valence-corrected chi connectivity index (χ4v) is 6.00. The van der Waals surface area contributed by atoms with Gasteiger partial charge >= 0.3 is 0 Å². The Hall–Kier alpha value is -3.22. The largest absolute Gasteiger partial charge is 0.503 e. The highest BCUT2D eigenvalue weighted by molar-refractivity contribution is 7.14. The van der Waals surface area contributed by atoms with Crippen LogP contribution in [-0.4, -0.2) is 62.6 Å². The smallest absolute Gasteiger partial charge is 0.275 e. The van der Waals surface area contributed by atoms with Gasteiger partial charge in [0.1, 0.15) is 16.6 Å². The molecule has 39 heavy (non-hydrogen) atoms. The maximum absolute atomic E-state index is 14.0. The van der Waals surface area contributed by atoms with E-state index in [2.05, 4.69) is 20.5 Å². The molecule has 0 spiro atoms. The van der Waals surface area contributed by atoms with Crippen LogP contribution in [0, 0.1) is 11.6 Å². The van der Waals surface area contributed by atoms with E-state index < -0.39 is 34.4 Å². The molecule has 0 bridgehead atoms. The number of H-pyrrole nitrogens is 1. The Balaban J connectivity index is 1.55. The summed E-state index contributed by atoms with van der Waals surface area (Å²) < 4.78 is 33.2. The van der Waals surface area contributed by atoms with Crippen molar-refractivity contribution in [2.45, 2.75) is 70.7 Å². The number of aromatic amines is 1. The standard InChI is InChI=1S/C27H33F2N5O4S/c1-5-34(27(30-4)10-8-18(9-11-27)38-15(2)3)26(37)22-24(36)23(35)19(14-31-22)25-33-32-21(39-25)12-16-6-7-17(28)13-20(16)29/h6-7,13-15,18,30,36H,5,8-12H2,1-4H3,(H,31,35). The van der Waals surface area contributed by atoms with Crippen molar-refractivity contribution in [1.82, 2.24) is 25.4 Å². The fraction of sp³-hybridized carbons (Fsp3) is 0.481. The van der Waals surface area contributed by atoms with Gasteiger partial charge in [0.15, 0.2) is 16.5 Å². The van der Waals surface area contributed by atoms with E-state index in [1.165, 1.54) is 12.3 Å². The monoisotopic (exact) mass is 561 g/mol. The zero-order valence-corrected chi connectivity index (χ0v) is 23.2. The molecule has 0 radical (unpaired) electrons. The van der Waals surface area contributed by atoms with E-state index in [1.807, 2.05) is 20.8 Å². The molecular weight excluding hydrogens is 528 g/mol. The van der Waals surface area contributed by atoms with Crippen LogP contribution >= 0.6 is 11.3 Å². The summed E-state index contributed by atoms with van der Waals surface area (Å²) in [5, 5.41) is 22.7. The van der Waals surface area contributed by atoms with Crippen LogP contribution in [0.2, 0.25) is 0 Å².